The maximum Gasteiger partial charge on any atom is 0.417 e. The van der Waals surface area contributed by atoms with Crippen LogP contribution in [0.1, 0.15) is 80.7 Å². The molecule has 0 unspecified atom stereocenters. The lowest BCUT2D eigenvalue weighted by atomic mass is 10.2. The molecule has 0 saturated heterocycles. The summed E-state index contributed by atoms with van der Waals surface area (Å²) < 4.78 is 82.3. The van der Waals surface area contributed by atoms with Crippen LogP contribution in [0, 0.1) is 0 Å². The fourth-order valence-corrected chi connectivity index (χ4v) is 4.09. The summed E-state index contributed by atoms with van der Waals surface area (Å²) in [5.41, 5.74) is 0.446. The minimum atomic E-state index is -4.44. The van der Waals surface area contributed by atoms with Crippen LogP contribution in [0.2, 0.25) is 0 Å². The van der Waals surface area contributed by atoms with E-state index in [1.54, 1.807) is 0 Å². The fourth-order valence-electron chi connectivity index (χ4n) is 4.09. The van der Waals surface area contributed by atoms with Gasteiger partial charge in [0.2, 0.25) is 0 Å². The predicted octanol–water partition coefficient (Wildman–Crippen LogP) is 5.93. The van der Waals surface area contributed by atoms with Crippen molar-refractivity contribution >= 4 is 12.3 Å². The Bertz CT molecular complexity index is 1580. The summed E-state index contributed by atoms with van der Waals surface area (Å²) in [7, 11) is 1.27. The number of carbonyl (C=O) groups excluding carboxylic acids is 2. The van der Waals surface area contributed by atoms with E-state index in [2.05, 4.69) is 20.2 Å². The quantitative estimate of drug-likeness (QED) is 0.155. The summed E-state index contributed by atoms with van der Waals surface area (Å²) in [4.78, 5) is 30.2. The van der Waals surface area contributed by atoms with Crippen molar-refractivity contribution in [3.8, 4) is 11.6 Å². The van der Waals surface area contributed by atoms with Crippen molar-refractivity contribution < 1.29 is 40.7 Å². The summed E-state index contributed by atoms with van der Waals surface area (Å²) in [6.07, 6.45) is 0.126. The van der Waals surface area contributed by atoms with Crippen LogP contribution in [-0.4, -0.2) is 48.9 Å². The highest BCUT2D eigenvalue weighted by molar-refractivity contribution is 5.90. The third-order valence-electron chi connectivity index (χ3n) is 6.60. The van der Waals surface area contributed by atoms with Crippen LogP contribution in [0.5, 0.6) is 0 Å². The number of ether oxygens (including phenoxy) is 1. The molecular formula is C27H22F6N6O3. The Kier molecular flexibility index (Phi) is 7.60. The molecule has 15 heteroatoms. The number of hydrogen-bond acceptors (Lipinski definition) is 7. The van der Waals surface area contributed by atoms with Crippen molar-refractivity contribution in [3.05, 3.63) is 82.7 Å². The van der Waals surface area contributed by atoms with Crippen molar-refractivity contribution in [2.75, 3.05) is 7.11 Å². The molecule has 0 amide bonds. The number of aldehydes is 1. The molecule has 0 N–H and O–H groups in total. The van der Waals surface area contributed by atoms with Crippen LogP contribution < -0.4 is 0 Å². The molecule has 0 atom stereocenters. The van der Waals surface area contributed by atoms with E-state index in [0.29, 0.717) is 28.8 Å². The summed E-state index contributed by atoms with van der Waals surface area (Å²) >= 11 is 0. The zero-order valence-electron chi connectivity index (χ0n) is 21.9. The predicted molar refractivity (Wildman–Crippen MR) is 133 cm³/mol. The van der Waals surface area contributed by atoms with Gasteiger partial charge in [0.1, 0.15) is 5.56 Å². The maximum absolute atomic E-state index is 12.5. The molecule has 9 nitrogen and oxygen atoms in total. The SMILES string of the molecule is COC(=O)c1cn(-c2ccc(C(F)(F)F)cn2)nc1C1CC1.O=Cc1cn(-c2ccc(C(F)(F)F)cn2)nc1C1CC1. The van der Waals surface area contributed by atoms with Gasteiger partial charge in [-0.05, 0) is 49.9 Å². The normalized spacial score (nSPS) is 15.1. The molecule has 0 radical (unpaired) electrons. The lowest BCUT2D eigenvalue weighted by molar-refractivity contribution is -0.138. The van der Waals surface area contributed by atoms with Gasteiger partial charge >= 0.3 is 18.3 Å². The average molecular weight is 592 g/mol. The molecular weight excluding hydrogens is 570 g/mol. The Morgan fingerprint density at radius 2 is 1.29 bits per heavy atom. The summed E-state index contributed by atoms with van der Waals surface area (Å²) in [6.45, 7) is 0. The number of carbonyl (C=O) groups is 2. The zero-order chi connectivity index (χ0) is 30.2. The Balaban J connectivity index is 0.000000169. The molecule has 220 valence electrons. The highest BCUT2D eigenvalue weighted by Gasteiger charge is 2.34. The van der Waals surface area contributed by atoms with Gasteiger partial charge in [0, 0.05) is 36.6 Å². The maximum atomic E-state index is 12.5. The molecule has 2 aliphatic rings. The molecule has 4 aromatic rings. The van der Waals surface area contributed by atoms with E-state index in [4.69, 9.17) is 4.74 Å². The van der Waals surface area contributed by atoms with Gasteiger partial charge in [-0.3, -0.25) is 4.79 Å². The standard InChI is InChI=1S/C14H12F3N3O2.C13H10F3N3O/c1-22-13(21)10-7-20(19-12(10)8-2-3-8)11-5-4-9(6-18-11)14(15,16)17;14-13(15,16)10-3-4-11(17-5-10)19-6-9(7-20)12(18-19)8-1-2-8/h4-8H,2-3H2,1H3;3-8H,1-2H2. The number of methoxy groups -OCH3 is 1. The molecule has 4 heterocycles. The Morgan fingerprint density at radius 1 is 0.810 bits per heavy atom. The number of halogens is 6. The zero-order valence-corrected chi connectivity index (χ0v) is 21.9. The highest BCUT2D eigenvalue weighted by atomic mass is 19.4. The second-order valence-electron chi connectivity index (χ2n) is 9.75. The molecule has 2 fully saturated rings. The van der Waals surface area contributed by atoms with E-state index in [0.717, 1.165) is 50.2 Å². The van der Waals surface area contributed by atoms with Crippen LogP contribution in [0.3, 0.4) is 0 Å². The van der Waals surface area contributed by atoms with Gasteiger partial charge in [-0.1, -0.05) is 0 Å². The molecule has 0 aromatic carbocycles. The molecule has 0 bridgehead atoms. The molecule has 42 heavy (non-hydrogen) atoms. The van der Waals surface area contributed by atoms with E-state index >= 15 is 0 Å². The first-order chi connectivity index (χ1) is 19.9. The first-order valence-electron chi connectivity index (χ1n) is 12.7. The third-order valence-corrected chi connectivity index (χ3v) is 6.60. The van der Waals surface area contributed by atoms with Crippen LogP contribution in [0.25, 0.3) is 11.6 Å². The summed E-state index contributed by atoms with van der Waals surface area (Å²) in [6, 6.07) is 4.33. The Labute approximate surface area is 234 Å². The fraction of sp³-hybridized carbons (Fsp3) is 0.333. The van der Waals surface area contributed by atoms with Crippen LogP contribution >= 0.6 is 0 Å². The van der Waals surface area contributed by atoms with E-state index in [1.165, 1.54) is 41.0 Å². The number of rotatable bonds is 6. The Hall–Kier alpha value is -4.56. The van der Waals surface area contributed by atoms with Gasteiger partial charge in [0.15, 0.2) is 17.9 Å². The molecule has 0 aliphatic heterocycles. The van der Waals surface area contributed by atoms with Gasteiger partial charge in [-0.25, -0.2) is 24.1 Å². The van der Waals surface area contributed by atoms with E-state index in [-0.39, 0.29) is 23.5 Å². The van der Waals surface area contributed by atoms with Gasteiger partial charge in [-0.15, -0.1) is 0 Å². The highest BCUT2D eigenvalue weighted by Crippen LogP contribution is 2.42. The van der Waals surface area contributed by atoms with Gasteiger partial charge in [0.25, 0.3) is 0 Å². The number of esters is 1. The van der Waals surface area contributed by atoms with Crippen LogP contribution in [0.4, 0.5) is 26.3 Å². The summed E-state index contributed by atoms with van der Waals surface area (Å²) in [5.74, 6) is 0.439. The second-order valence-corrected chi connectivity index (χ2v) is 9.75. The van der Waals surface area contributed by atoms with Gasteiger partial charge < -0.3 is 4.74 Å². The van der Waals surface area contributed by atoms with E-state index < -0.39 is 29.4 Å². The Morgan fingerprint density at radius 3 is 1.69 bits per heavy atom. The summed E-state index contributed by atoms with van der Waals surface area (Å²) in [5, 5.41) is 8.52. The molecule has 0 spiro atoms. The largest absolute Gasteiger partial charge is 0.465 e. The third kappa shape index (κ3) is 6.34. The first-order valence-corrected chi connectivity index (χ1v) is 12.7. The lowest BCUT2D eigenvalue weighted by Gasteiger charge is -2.06. The second kappa shape index (κ2) is 11.0. The van der Waals surface area contributed by atoms with Crippen molar-refractivity contribution in [3.63, 3.8) is 0 Å². The van der Waals surface area contributed by atoms with Crippen LogP contribution in [-0.2, 0) is 17.1 Å². The van der Waals surface area contributed by atoms with Crippen molar-refractivity contribution in [2.24, 2.45) is 0 Å². The van der Waals surface area contributed by atoms with E-state index in [1.807, 2.05) is 0 Å². The molecule has 4 aromatic heterocycles. The first kappa shape index (κ1) is 29.0. The number of alkyl halides is 6. The molecule has 2 saturated carbocycles. The molecule has 6 rings (SSSR count). The van der Waals surface area contributed by atoms with Crippen LogP contribution in [0.15, 0.2) is 49.1 Å². The number of hydrogen-bond donors (Lipinski definition) is 0. The number of nitrogens with zero attached hydrogens (tertiary/aromatic N) is 6. The lowest BCUT2D eigenvalue weighted by Crippen LogP contribution is -2.07. The average Bonchev–Trinajstić information content (AvgIpc) is 3.91. The van der Waals surface area contributed by atoms with Gasteiger partial charge in [0.05, 0.1) is 35.2 Å². The van der Waals surface area contributed by atoms with Crippen molar-refractivity contribution in [1.29, 1.82) is 0 Å². The minimum absolute atomic E-state index is 0.199. The van der Waals surface area contributed by atoms with Crippen molar-refractivity contribution in [2.45, 2.75) is 49.9 Å². The topological polar surface area (TPSA) is 105 Å². The number of aromatic nitrogens is 6. The smallest absolute Gasteiger partial charge is 0.417 e. The molecule has 2 aliphatic carbocycles. The van der Waals surface area contributed by atoms with Gasteiger partial charge in [-0.2, -0.15) is 36.5 Å². The monoisotopic (exact) mass is 592 g/mol. The number of pyridine rings is 2. The van der Waals surface area contributed by atoms with Crippen molar-refractivity contribution in [1.82, 2.24) is 29.5 Å². The minimum Gasteiger partial charge on any atom is -0.465 e. The van der Waals surface area contributed by atoms with E-state index in [9.17, 15) is 35.9 Å².